The van der Waals surface area contributed by atoms with E-state index in [2.05, 4.69) is 40.3 Å². The molecule has 0 aromatic heterocycles. The van der Waals surface area contributed by atoms with Crippen molar-refractivity contribution in [2.24, 2.45) is 11.8 Å². The van der Waals surface area contributed by atoms with Gasteiger partial charge in [0, 0.05) is 19.3 Å². The quantitative estimate of drug-likeness (QED) is 0.587. The van der Waals surface area contributed by atoms with Crippen LogP contribution in [0, 0.1) is 18.3 Å². The number of hydrogen-bond donors (Lipinski definition) is 0. The van der Waals surface area contributed by atoms with Crippen molar-refractivity contribution < 1.29 is 14.0 Å². The van der Waals surface area contributed by atoms with Crippen LogP contribution in [-0.4, -0.2) is 26.5 Å². The molecule has 0 aliphatic heterocycles. The summed E-state index contributed by atoms with van der Waals surface area (Å²) in [4.78, 5) is 11.2. The van der Waals surface area contributed by atoms with Crippen LogP contribution in [-0.2, 0) is 14.0 Å². The summed E-state index contributed by atoms with van der Waals surface area (Å²) in [6.45, 7) is 12.9. The number of rotatable bonds is 3. The molecular weight excluding hydrogens is 256 g/mol. The van der Waals surface area contributed by atoms with Gasteiger partial charge in [0.1, 0.15) is 6.10 Å². The Morgan fingerprint density at radius 2 is 1.89 bits per heavy atom. The summed E-state index contributed by atoms with van der Waals surface area (Å²) in [5, 5.41) is 0.232. The lowest BCUT2D eigenvalue weighted by molar-refractivity contribution is -0.148. The summed E-state index contributed by atoms with van der Waals surface area (Å²) in [7, 11) is -1.73. The highest BCUT2D eigenvalue weighted by atomic mass is 28.4. The van der Waals surface area contributed by atoms with Gasteiger partial charge in [-0.15, -0.1) is 0 Å². The van der Waals surface area contributed by atoms with Gasteiger partial charge in [0.2, 0.25) is 0 Å². The van der Waals surface area contributed by atoms with E-state index in [1.165, 1.54) is 6.92 Å². The highest BCUT2D eigenvalue weighted by molar-refractivity contribution is 6.74. The van der Waals surface area contributed by atoms with Crippen LogP contribution >= 0.6 is 0 Å². The minimum absolute atomic E-state index is 0.0222. The van der Waals surface area contributed by atoms with Crippen molar-refractivity contribution in [1.29, 1.82) is 0 Å². The van der Waals surface area contributed by atoms with E-state index in [4.69, 9.17) is 9.16 Å². The maximum Gasteiger partial charge on any atom is 0.302 e. The van der Waals surface area contributed by atoms with Gasteiger partial charge in [0.25, 0.3) is 0 Å². The molecule has 0 amide bonds. The summed E-state index contributed by atoms with van der Waals surface area (Å²) in [5.74, 6) is 0.770. The maximum atomic E-state index is 11.2. The normalized spacial score (nSPS) is 34.6. The van der Waals surface area contributed by atoms with Crippen molar-refractivity contribution in [1.82, 2.24) is 0 Å². The molecule has 2 bridgehead atoms. The fraction of sp³-hybridized carbons (Fsp3) is 0.867. The van der Waals surface area contributed by atoms with Crippen LogP contribution in [0.15, 0.2) is 0 Å². The molecule has 3 nitrogen and oxygen atoms in total. The highest BCUT2D eigenvalue weighted by Crippen LogP contribution is 2.49. The molecule has 2 aliphatic carbocycles. The predicted octanol–water partition coefficient (Wildman–Crippen LogP) is 3.55. The SMILES string of the molecule is CC(=O)O[C@H]1[CH][C@H]2C[C@@H]1[C@@H](O[Si](C)(C)C(C)(C)C)C2. The molecule has 19 heavy (non-hydrogen) atoms. The van der Waals surface area contributed by atoms with E-state index >= 15 is 0 Å². The first-order valence-electron chi connectivity index (χ1n) is 7.30. The summed E-state index contributed by atoms with van der Waals surface area (Å²) in [6, 6.07) is 0. The number of carbonyl (C=O) groups is 1. The number of hydrogen-bond acceptors (Lipinski definition) is 3. The second kappa shape index (κ2) is 4.88. The first-order chi connectivity index (χ1) is 8.60. The van der Waals surface area contributed by atoms with Gasteiger partial charge in [-0.1, -0.05) is 20.8 Å². The fourth-order valence-electron chi connectivity index (χ4n) is 2.99. The Labute approximate surface area is 118 Å². The van der Waals surface area contributed by atoms with Crippen molar-refractivity contribution in [3.8, 4) is 0 Å². The van der Waals surface area contributed by atoms with Crippen molar-refractivity contribution in [2.45, 2.75) is 70.9 Å². The van der Waals surface area contributed by atoms with E-state index in [9.17, 15) is 4.79 Å². The van der Waals surface area contributed by atoms with Gasteiger partial charge in [-0.25, -0.2) is 0 Å². The number of fused-ring (bicyclic) bond motifs is 2. The van der Waals surface area contributed by atoms with Crippen LogP contribution in [0.3, 0.4) is 0 Å². The topological polar surface area (TPSA) is 35.5 Å². The Balaban J connectivity index is 2.01. The monoisotopic (exact) mass is 283 g/mol. The standard InChI is InChI=1S/C15H27O3Si/c1-10(16)17-13-8-11-7-12(13)14(9-11)18-19(5,6)15(2,3)4/h8,11-14H,7,9H2,1-6H3/t11-,12+,13+,14+/m1/s1. The largest absolute Gasteiger partial charge is 0.462 e. The Bertz CT molecular complexity index is 359. The van der Waals surface area contributed by atoms with Crippen molar-refractivity contribution in [3.63, 3.8) is 0 Å². The molecule has 0 aromatic rings. The lowest BCUT2D eigenvalue weighted by Crippen LogP contribution is -2.47. The zero-order valence-electron chi connectivity index (χ0n) is 13.0. The van der Waals surface area contributed by atoms with Gasteiger partial charge in [0.15, 0.2) is 8.32 Å². The third-order valence-corrected chi connectivity index (χ3v) is 9.53. The minimum atomic E-state index is -1.73. The van der Waals surface area contributed by atoms with Gasteiger partial charge >= 0.3 is 5.97 Å². The Morgan fingerprint density at radius 1 is 1.26 bits per heavy atom. The van der Waals surface area contributed by atoms with Crippen molar-refractivity contribution in [3.05, 3.63) is 6.42 Å². The number of carbonyl (C=O) groups excluding carboxylic acids is 1. The van der Waals surface area contributed by atoms with Crippen LogP contribution in [0.2, 0.25) is 18.1 Å². The third kappa shape index (κ3) is 3.05. The highest BCUT2D eigenvalue weighted by Gasteiger charge is 2.51. The molecular formula is C15H27O3Si. The van der Waals surface area contributed by atoms with E-state index in [0.717, 1.165) is 12.8 Å². The molecule has 109 valence electrons. The molecule has 4 atom stereocenters. The van der Waals surface area contributed by atoms with Crippen LogP contribution in [0.5, 0.6) is 0 Å². The summed E-state index contributed by atoms with van der Waals surface area (Å²) >= 11 is 0. The number of ether oxygens (including phenoxy) is 1. The molecule has 0 aromatic carbocycles. The van der Waals surface area contributed by atoms with Gasteiger partial charge in [-0.05, 0) is 36.9 Å². The Hall–Kier alpha value is -0.353. The summed E-state index contributed by atoms with van der Waals surface area (Å²) in [6.07, 6.45) is 4.69. The average Bonchev–Trinajstić information content (AvgIpc) is 2.72. The van der Waals surface area contributed by atoms with E-state index in [-0.39, 0.29) is 23.2 Å². The molecule has 2 aliphatic rings. The second-order valence-corrected chi connectivity index (χ2v) is 12.3. The molecule has 1 radical (unpaired) electrons. The lowest BCUT2D eigenvalue weighted by Gasteiger charge is -2.41. The second-order valence-electron chi connectivity index (χ2n) is 7.58. The van der Waals surface area contributed by atoms with E-state index in [1.807, 2.05) is 0 Å². The molecule has 0 unspecified atom stereocenters. The zero-order valence-corrected chi connectivity index (χ0v) is 14.0. The Morgan fingerprint density at radius 3 is 2.37 bits per heavy atom. The van der Waals surface area contributed by atoms with Gasteiger partial charge in [-0.3, -0.25) is 4.79 Å². The van der Waals surface area contributed by atoms with Gasteiger partial charge in [0.05, 0.1) is 6.10 Å². The fourth-order valence-corrected chi connectivity index (χ4v) is 4.38. The summed E-state index contributed by atoms with van der Waals surface area (Å²) in [5.41, 5.74) is 0. The third-order valence-electron chi connectivity index (χ3n) is 5.03. The van der Waals surface area contributed by atoms with Crippen LogP contribution in [0.1, 0.15) is 40.5 Å². The van der Waals surface area contributed by atoms with Gasteiger partial charge in [-0.2, -0.15) is 0 Å². The molecule has 2 rings (SSSR count). The maximum absolute atomic E-state index is 11.2. The zero-order chi connectivity index (χ0) is 14.4. The average molecular weight is 283 g/mol. The first kappa shape index (κ1) is 15.0. The van der Waals surface area contributed by atoms with Crippen LogP contribution < -0.4 is 0 Å². The molecule has 0 spiro atoms. The van der Waals surface area contributed by atoms with E-state index < -0.39 is 8.32 Å². The van der Waals surface area contributed by atoms with E-state index in [0.29, 0.717) is 11.8 Å². The minimum Gasteiger partial charge on any atom is -0.462 e. The number of esters is 1. The predicted molar refractivity (Wildman–Crippen MR) is 78.1 cm³/mol. The van der Waals surface area contributed by atoms with Crippen molar-refractivity contribution >= 4 is 14.3 Å². The first-order valence-corrected chi connectivity index (χ1v) is 10.2. The van der Waals surface area contributed by atoms with E-state index in [1.54, 1.807) is 0 Å². The molecule has 2 saturated carbocycles. The molecule has 4 heteroatoms. The molecule has 0 N–H and O–H groups in total. The summed E-state index contributed by atoms with van der Waals surface area (Å²) < 4.78 is 12.0. The molecule has 2 fully saturated rings. The van der Waals surface area contributed by atoms with Crippen LogP contribution in [0.25, 0.3) is 0 Å². The molecule has 0 heterocycles. The Kier molecular flexibility index (Phi) is 3.87. The van der Waals surface area contributed by atoms with Gasteiger partial charge < -0.3 is 9.16 Å². The lowest BCUT2D eigenvalue weighted by atomic mass is 9.95. The smallest absolute Gasteiger partial charge is 0.302 e. The molecule has 0 saturated heterocycles. The van der Waals surface area contributed by atoms with Crippen molar-refractivity contribution in [2.75, 3.05) is 0 Å². The van der Waals surface area contributed by atoms with Crippen LogP contribution in [0.4, 0.5) is 0 Å².